The molecule has 1 aromatic carbocycles. The van der Waals surface area contributed by atoms with E-state index in [1.165, 1.54) is 6.33 Å². The predicted octanol–water partition coefficient (Wildman–Crippen LogP) is 3.12. The second-order valence-corrected chi connectivity index (χ2v) is 7.04. The van der Waals surface area contributed by atoms with Crippen molar-refractivity contribution >= 4 is 17.9 Å². The minimum atomic E-state index is 0.473. The molecule has 1 N–H and O–H groups in total. The number of ether oxygens (including phenoxy) is 1. The highest BCUT2D eigenvalue weighted by atomic mass is 16.5. The van der Waals surface area contributed by atoms with Crippen molar-refractivity contribution in [3.8, 4) is 28.9 Å². The molecule has 10 heteroatoms. The van der Waals surface area contributed by atoms with Gasteiger partial charge in [-0.25, -0.2) is 14.6 Å². The number of nitriles is 1. The van der Waals surface area contributed by atoms with Gasteiger partial charge in [-0.2, -0.15) is 15.5 Å². The van der Waals surface area contributed by atoms with Crippen LogP contribution in [0.3, 0.4) is 0 Å². The Morgan fingerprint density at radius 1 is 1.16 bits per heavy atom. The van der Waals surface area contributed by atoms with Crippen LogP contribution >= 0.6 is 0 Å². The highest BCUT2D eigenvalue weighted by Gasteiger charge is 2.20. The van der Waals surface area contributed by atoms with Crippen molar-refractivity contribution in [1.29, 1.82) is 5.26 Å². The molecule has 32 heavy (non-hydrogen) atoms. The fourth-order valence-electron chi connectivity index (χ4n) is 3.50. The van der Waals surface area contributed by atoms with Crippen molar-refractivity contribution in [3.63, 3.8) is 0 Å². The number of anilines is 2. The third-order valence-electron chi connectivity index (χ3n) is 5.08. The fraction of sp³-hybridized carbons (Fsp3) is 0.182. The van der Waals surface area contributed by atoms with Gasteiger partial charge in [-0.05, 0) is 26.0 Å². The van der Waals surface area contributed by atoms with Crippen LogP contribution in [0.2, 0.25) is 0 Å². The zero-order chi connectivity index (χ0) is 22.8. The Morgan fingerprint density at radius 2 is 1.91 bits per heavy atom. The molecule has 0 atom stereocenters. The number of hydrogen-bond donors (Lipinski definition) is 1. The zero-order valence-corrected chi connectivity index (χ0v) is 18.0. The molecule has 0 aliphatic heterocycles. The molecule has 0 fully saturated rings. The molecular weight excluding hydrogens is 408 g/mol. The average Bonchev–Trinajstić information content (AvgIpc) is 3.28. The zero-order valence-electron chi connectivity index (χ0n) is 18.0. The van der Waals surface area contributed by atoms with Gasteiger partial charge in [0.15, 0.2) is 23.7 Å². The Labute approximate surface area is 184 Å². The van der Waals surface area contributed by atoms with E-state index in [1.807, 2.05) is 26.1 Å². The van der Waals surface area contributed by atoms with E-state index in [0.717, 1.165) is 17.5 Å². The van der Waals surface area contributed by atoms with Gasteiger partial charge in [0.2, 0.25) is 0 Å². The summed E-state index contributed by atoms with van der Waals surface area (Å²) in [5, 5.41) is 21.1. The summed E-state index contributed by atoms with van der Waals surface area (Å²) in [7, 11) is 3.38. The third kappa shape index (κ3) is 3.56. The molecule has 4 rings (SSSR count). The Hall–Kier alpha value is -4.52. The van der Waals surface area contributed by atoms with Gasteiger partial charge in [0.05, 0.1) is 35.7 Å². The number of nitrogens with one attached hydrogen (secondary N) is 1. The van der Waals surface area contributed by atoms with Crippen molar-refractivity contribution < 1.29 is 9.53 Å². The number of hydrogen-bond acceptors (Lipinski definition) is 8. The van der Waals surface area contributed by atoms with Crippen molar-refractivity contribution in [2.75, 3.05) is 12.4 Å². The fourth-order valence-corrected chi connectivity index (χ4v) is 3.50. The van der Waals surface area contributed by atoms with Gasteiger partial charge in [-0.3, -0.25) is 9.48 Å². The maximum absolute atomic E-state index is 11.3. The molecule has 160 valence electrons. The van der Waals surface area contributed by atoms with Gasteiger partial charge < -0.3 is 10.1 Å². The highest BCUT2D eigenvalue weighted by Crippen LogP contribution is 2.37. The summed E-state index contributed by atoms with van der Waals surface area (Å²) >= 11 is 0. The van der Waals surface area contributed by atoms with Crippen LogP contribution in [0.5, 0.6) is 5.75 Å². The van der Waals surface area contributed by atoms with E-state index in [2.05, 4.69) is 31.6 Å². The Bertz CT molecular complexity index is 1350. The summed E-state index contributed by atoms with van der Waals surface area (Å²) in [4.78, 5) is 19.9. The summed E-state index contributed by atoms with van der Waals surface area (Å²) in [6, 6.07) is 11.0. The minimum Gasteiger partial charge on any atom is -0.491 e. The minimum absolute atomic E-state index is 0.473. The van der Waals surface area contributed by atoms with E-state index in [4.69, 9.17) is 10.00 Å². The summed E-state index contributed by atoms with van der Waals surface area (Å²) in [5.74, 6) is 2.00. The molecule has 0 aliphatic carbocycles. The lowest BCUT2D eigenvalue weighted by Crippen LogP contribution is -2.05. The van der Waals surface area contributed by atoms with E-state index in [9.17, 15) is 4.79 Å². The van der Waals surface area contributed by atoms with Crippen LogP contribution in [0.1, 0.15) is 27.3 Å². The molecule has 0 bridgehead atoms. The highest BCUT2D eigenvalue weighted by molar-refractivity contribution is 5.78. The molecule has 0 saturated carbocycles. The molecular formula is C22H20N8O2. The summed E-state index contributed by atoms with van der Waals surface area (Å²) in [6.45, 7) is 3.58. The first kappa shape index (κ1) is 20.7. The van der Waals surface area contributed by atoms with Crippen molar-refractivity contribution in [2.24, 2.45) is 7.05 Å². The lowest BCUT2D eigenvalue weighted by Gasteiger charge is -2.08. The lowest BCUT2D eigenvalue weighted by molar-refractivity contribution is 0.112. The van der Waals surface area contributed by atoms with Crippen LogP contribution < -0.4 is 10.1 Å². The van der Waals surface area contributed by atoms with Gasteiger partial charge in [-0.1, -0.05) is 12.1 Å². The SMILES string of the molecule is COc1c(Nc2cc(-n3nc(C)c(C=O)c3C)ncn2)nn(C)c1-c1ccc(C#N)cc1. The van der Waals surface area contributed by atoms with E-state index in [-0.39, 0.29) is 0 Å². The molecule has 0 radical (unpaired) electrons. The van der Waals surface area contributed by atoms with Gasteiger partial charge in [-0.15, -0.1) is 0 Å². The number of aryl methyl sites for hydroxylation is 2. The summed E-state index contributed by atoms with van der Waals surface area (Å²) < 4.78 is 8.93. The number of carbonyl (C=O) groups excluding carboxylic acids is 1. The van der Waals surface area contributed by atoms with Crippen LogP contribution in [0, 0.1) is 25.2 Å². The van der Waals surface area contributed by atoms with Crippen molar-refractivity contribution in [1.82, 2.24) is 29.5 Å². The largest absolute Gasteiger partial charge is 0.491 e. The van der Waals surface area contributed by atoms with Gasteiger partial charge in [0.25, 0.3) is 0 Å². The Kier molecular flexibility index (Phi) is 5.39. The number of benzene rings is 1. The molecule has 0 saturated heterocycles. The first-order valence-electron chi connectivity index (χ1n) is 9.69. The molecule has 10 nitrogen and oxygen atoms in total. The molecule has 3 heterocycles. The quantitative estimate of drug-likeness (QED) is 0.465. The van der Waals surface area contributed by atoms with Crippen LogP contribution in [0.25, 0.3) is 17.1 Å². The number of rotatable bonds is 6. The van der Waals surface area contributed by atoms with Crippen LogP contribution in [0.15, 0.2) is 36.7 Å². The topological polar surface area (TPSA) is 124 Å². The first-order valence-corrected chi connectivity index (χ1v) is 9.69. The van der Waals surface area contributed by atoms with E-state index >= 15 is 0 Å². The third-order valence-corrected chi connectivity index (χ3v) is 5.08. The van der Waals surface area contributed by atoms with Crippen molar-refractivity contribution in [3.05, 3.63) is 59.2 Å². The second kappa shape index (κ2) is 8.31. The summed E-state index contributed by atoms with van der Waals surface area (Å²) in [5.41, 5.74) is 4.05. The second-order valence-electron chi connectivity index (χ2n) is 7.04. The number of nitrogens with zero attached hydrogens (tertiary/aromatic N) is 7. The Morgan fingerprint density at radius 3 is 2.53 bits per heavy atom. The van der Waals surface area contributed by atoms with Crippen molar-refractivity contribution in [2.45, 2.75) is 13.8 Å². The average molecular weight is 428 g/mol. The maximum Gasteiger partial charge on any atom is 0.196 e. The van der Waals surface area contributed by atoms with Gasteiger partial charge in [0, 0.05) is 18.7 Å². The Balaban J connectivity index is 1.70. The molecule has 0 unspecified atom stereocenters. The monoisotopic (exact) mass is 428 g/mol. The molecule has 0 amide bonds. The molecule has 0 aliphatic rings. The van der Waals surface area contributed by atoms with Gasteiger partial charge >= 0.3 is 0 Å². The van der Waals surface area contributed by atoms with E-state index in [0.29, 0.717) is 45.7 Å². The first-order chi connectivity index (χ1) is 15.5. The van der Waals surface area contributed by atoms with Crippen LogP contribution in [-0.2, 0) is 7.05 Å². The normalized spacial score (nSPS) is 10.6. The lowest BCUT2D eigenvalue weighted by atomic mass is 10.1. The number of carbonyl (C=O) groups is 1. The van der Waals surface area contributed by atoms with E-state index in [1.54, 1.807) is 41.6 Å². The smallest absolute Gasteiger partial charge is 0.196 e. The number of methoxy groups -OCH3 is 1. The number of aromatic nitrogens is 6. The number of aldehydes is 1. The standard InChI is InChI=1S/C22H20N8O2/c1-13-17(11-31)14(2)30(27-13)19-9-18(24-12-25-19)26-22-21(32-4)20(29(3)28-22)16-7-5-15(10-23)6-8-16/h5-9,11-12H,1-4H3,(H,24,25,26,28). The summed E-state index contributed by atoms with van der Waals surface area (Å²) in [6.07, 6.45) is 2.20. The predicted molar refractivity (Wildman–Crippen MR) is 117 cm³/mol. The van der Waals surface area contributed by atoms with Gasteiger partial charge in [0.1, 0.15) is 17.8 Å². The van der Waals surface area contributed by atoms with Crippen LogP contribution in [0.4, 0.5) is 11.6 Å². The van der Waals surface area contributed by atoms with E-state index < -0.39 is 0 Å². The molecule has 4 aromatic rings. The molecule has 3 aromatic heterocycles. The maximum atomic E-state index is 11.3. The molecule has 0 spiro atoms. The van der Waals surface area contributed by atoms with Crippen LogP contribution in [-0.4, -0.2) is 42.9 Å².